The summed E-state index contributed by atoms with van der Waals surface area (Å²) in [6.07, 6.45) is 4.76. The first kappa shape index (κ1) is 11.0. The van der Waals surface area contributed by atoms with E-state index in [1.165, 1.54) is 6.33 Å². The minimum atomic E-state index is 0.421. The molecule has 0 fully saturated rings. The van der Waals surface area contributed by atoms with E-state index in [0.717, 1.165) is 16.9 Å². The van der Waals surface area contributed by atoms with Crippen molar-refractivity contribution in [3.05, 3.63) is 41.2 Å². The van der Waals surface area contributed by atoms with Crippen molar-refractivity contribution in [3.8, 4) is 0 Å². The number of nitrogens with one attached hydrogen (secondary N) is 1. The maximum absolute atomic E-state index is 6.06. The Morgan fingerprint density at radius 1 is 1.50 bits per heavy atom. The minimum absolute atomic E-state index is 0.421. The van der Waals surface area contributed by atoms with Gasteiger partial charge >= 0.3 is 0 Å². The average Bonchev–Trinajstić information content (AvgIpc) is 3.00. The van der Waals surface area contributed by atoms with Crippen molar-refractivity contribution in [1.29, 1.82) is 0 Å². The second-order valence-electron chi connectivity index (χ2n) is 3.83. The monoisotopic (exact) mass is 263 g/mol. The van der Waals surface area contributed by atoms with Crippen molar-refractivity contribution in [2.75, 3.05) is 5.32 Å². The average molecular weight is 264 g/mol. The summed E-state index contributed by atoms with van der Waals surface area (Å²) in [6, 6.07) is 1.89. The summed E-state index contributed by atoms with van der Waals surface area (Å²) in [4.78, 5) is 8.16. The molecular weight excluding hydrogens is 254 g/mol. The van der Waals surface area contributed by atoms with Crippen LogP contribution in [0, 0.1) is 6.92 Å². The molecule has 0 saturated carbocycles. The number of nitrogens with zero attached hydrogens (tertiary/aromatic N) is 4. The number of aromatic nitrogens is 4. The maximum atomic E-state index is 6.06. The Bertz CT molecular complexity index is 676. The Hall–Kier alpha value is -2.08. The van der Waals surface area contributed by atoms with Crippen LogP contribution in [-0.2, 0) is 6.54 Å². The van der Waals surface area contributed by atoms with Gasteiger partial charge in [-0.1, -0.05) is 11.6 Å². The fourth-order valence-electron chi connectivity index (χ4n) is 1.68. The number of rotatable bonds is 3. The van der Waals surface area contributed by atoms with E-state index in [2.05, 4.69) is 20.4 Å². The van der Waals surface area contributed by atoms with Gasteiger partial charge in [0.15, 0.2) is 0 Å². The van der Waals surface area contributed by atoms with Gasteiger partial charge in [0.1, 0.15) is 17.3 Å². The molecule has 0 aliphatic carbocycles. The lowest BCUT2D eigenvalue weighted by atomic mass is 10.3. The van der Waals surface area contributed by atoms with Crippen LogP contribution in [0.1, 0.15) is 11.1 Å². The van der Waals surface area contributed by atoms with Gasteiger partial charge in [0.05, 0.1) is 12.5 Å². The predicted octanol–water partition coefficient (Wildman–Crippen LogP) is 2.29. The topological polar surface area (TPSA) is 68.2 Å². The smallest absolute Gasteiger partial charge is 0.255 e. The highest BCUT2D eigenvalue weighted by molar-refractivity contribution is 6.30. The molecule has 7 heteroatoms. The third-order valence-electron chi connectivity index (χ3n) is 2.64. The Labute approximate surface area is 108 Å². The first-order valence-electron chi connectivity index (χ1n) is 5.36. The van der Waals surface area contributed by atoms with Crippen LogP contribution in [0.25, 0.3) is 5.78 Å². The largest absolute Gasteiger partial charge is 0.472 e. The summed E-state index contributed by atoms with van der Waals surface area (Å²) < 4.78 is 6.64. The molecule has 0 aromatic carbocycles. The highest BCUT2D eigenvalue weighted by Gasteiger charge is 2.11. The lowest BCUT2D eigenvalue weighted by molar-refractivity contribution is 0.564. The second-order valence-corrected chi connectivity index (χ2v) is 4.19. The number of furan rings is 1. The molecule has 3 aromatic rings. The molecule has 0 aliphatic rings. The zero-order valence-electron chi connectivity index (χ0n) is 9.59. The molecule has 18 heavy (non-hydrogen) atoms. The number of anilines is 1. The van der Waals surface area contributed by atoms with Gasteiger partial charge in [-0.25, -0.2) is 0 Å². The fraction of sp³-hybridized carbons (Fsp3) is 0.182. The van der Waals surface area contributed by atoms with E-state index in [1.54, 1.807) is 17.0 Å². The van der Waals surface area contributed by atoms with Gasteiger partial charge in [-0.05, 0) is 13.0 Å². The highest BCUT2D eigenvalue weighted by atomic mass is 35.5. The van der Waals surface area contributed by atoms with Crippen LogP contribution in [0.4, 0.5) is 5.82 Å². The molecule has 0 radical (unpaired) electrons. The minimum Gasteiger partial charge on any atom is -0.472 e. The van der Waals surface area contributed by atoms with Gasteiger partial charge in [0.25, 0.3) is 5.78 Å². The molecule has 0 unspecified atom stereocenters. The maximum Gasteiger partial charge on any atom is 0.255 e. The Kier molecular flexibility index (Phi) is 2.64. The SMILES string of the molecule is Cc1c(Cl)nc2ncnn2c1NCc1ccoc1. The van der Waals surface area contributed by atoms with E-state index in [9.17, 15) is 0 Å². The molecule has 3 rings (SSSR count). The number of hydrogen-bond donors (Lipinski definition) is 1. The lowest BCUT2D eigenvalue weighted by Crippen LogP contribution is -2.08. The third-order valence-corrected chi connectivity index (χ3v) is 3.01. The van der Waals surface area contributed by atoms with Crippen LogP contribution < -0.4 is 5.32 Å². The molecular formula is C11H10ClN5O. The fourth-order valence-corrected chi connectivity index (χ4v) is 1.85. The van der Waals surface area contributed by atoms with Crippen molar-refractivity contribution < 1.29 is 4.42 Å². The zero-order valence-corrected chi connectivity index (χ0v) is 10.3. The lowest BCUT2D eigenvalue weighted by Gasteiger charge is -2.10. The molecule has 6 nitrogen and oxygen atoms in total. The van der Waals surface area contributed by atoms with Gasteiger partial charge in [-0.2, -0.15) is 19.6 Å². The second kappa shape index (κ2) is 4.30. The quantitative estimate of drug-likeness (QED) is 0.735. The van der Waals surface area contributed by atoms with Crippen molar-refractivity contribution >= 4 is 23.2 Å². The third kappa shape index (κ3) is 1.80. The van der Waals surface area contributed by atoms with Crippen molar-refractivity contribution in [2.24, 2.45) is 0 Å². The van der Waals surface area contributed by atoms with Gasteiger partial charge in [0, 0.05) is 17.7 Å². The van der Waals surface area contributed by atoms with E-state index >= 15 is 0 Å². The van der Waals surface area contributed by atoms with Gasteiger partial charge in [0.2, 0.25) is 0 Å². The van der Waals surface area contributed by atoms with Crippen LogP contribution in [0.3, 0.4) is 0 Å². The normalized spacial score (nSPS) is 11.0. The van der Waals surface area contributed by atoms with Crippen LogP contribution in [0.15, 0.2) is 29.3 Å². The Morgan fingerprint density at radius 2 is 2.39 bits per heavy atom. The van der Waals surface area contributed by atoms with Crippen molar-refractivity contribution in [2.45, 2.75) is 13.5 Å². The van der Waals surface area contributed by atoms with Crippen molar-refractivity contribution in [3.63, 3.8) is 0 Å². The van der Waals surface area contributed by atoms with Crippen LogP contribution in [0.5, 0.6) is 0 Å². The molecule has 92 valence electrons. The van der Waals surface area contributed by atoms with E-state index in [0.29, 0.717) is 17.5 Å². The summed E-state index contributed by atoms with van der Waals surface area (Å²) in [7, 11) is 0. The molecule has 3 aromatic heterocycles. The van der Waals surface area contributed by atoms with Gasteiger partial charge in [-0.15, -0.1) is 0 Å². The van der Waals surface area contributed by atoms with Crippen LogP contribution >= 0.6 is 11.6 Å². The molecule has 0 saturated heterocycles. The standard InChI is InChI=1S/C11H10ClN5O/c1-7-9(12)16-11-14-6-15-17(11)10(7)13-4-8-2-3-18-5-8/h2-3,5-6,13H,4H2,1H3. The highest BCUT2D eigenvalue weighted by Crippen LogP contribution is 2.22. The first-order valence-corrected chi connectivity index (χ1v) is 5.74. The number of halogens is 1. The zero-order chi connectivity index (χ0) is 12.5. The van der Waals surface area contributed by atoms with E-state index < -0.39 is 0 Å². The molecule has 1 N–H and O–H groups in total. The van der Waals surface area contributed by atoms with E-state index in [4.69, 9.17) is 16.0 Å². The molecule has 0 spiro atoms. The van der Waals surface area contributed by atoms with Crippen LogP contribution in [0.2, 0.25) is 5.15 Å². The molecule has 0 atom stereocenters. The van der Waals surface area contributed by atoms with Gasteiger partial charge in [-0.3, -0.25) is 0 Å². The summed E-state index contributed by atoms with van der Waals surface area (Å²) in [5, 5.41) is 7.80. The molecule has 0 bridgehead atoms. The summed E-state index contributed by atoms with van der Waals surface area (Å²) >= 11 is 6.06. The molecule has 0 amide bonds. The molecule has 0 aliphatic heterocycles. The van der Waals surface area contributed by atoms with Crippen LogP contribution in [-0.4, -0.2) is 19.6 Å². The summed E-state index contributed by atoms with van der Waals surface area (Å²) in [5.74, 6) is 1.25. The summed E-state index contributed by atoms with van der Waals surface area (Å²) in [6.45, 7) is 2.50. The van der Waals surface area contributed by atoms with E-state index in [-0.39, 0.29) is 0 Å². The Balaban J connectivity index is 1.99. The molecule has 3 heterocycles. The number of hydrogen-bond acceptors (Lipinski definition) is 5. The van der Waals surface area contributed by atoms with E-state index in [1.807, 2.05) is 13.0 Å². The Morgan fingerprint density at radius 3 is 3.17 bits per heavy atom. The predicted molar refractivity (Wildman–Crippen MR) is 66.6 cm³/mol. The first-order chi connectivity index (χ1) is 8.75. The summed E-state index contributed by atoms with van der Waals surface area (Å²) in [5.41, 5.74) is 1.87. The van der Waals surface area contributed by atoms with Gasteiger partial charge < -0.3 is 9.73 Å². The van der Waals surface area contributed by atoms with Crippen molar-refractivity contribution in [1.82, 2.24) is 19.6 Å². The number of fused-ring (bicyclic) bond motifs is 1.